The van der Waals surface area contributed by atoms with Gasteiger partial charge in [-0.1, -0.05) is 151 Å². The fraction of sp³-hybridized carbons (Fsp3) is 0.688. The van der Waals surface area contributed by atoms with Crippen LogP contribution in [0.1, 0.15) is 162 Å². The number of aliphatic carboxylic acids is 1. The SMILES string of the molecule is CC/C=C/C=C/C=C/CCCCCCCCCC(=O)OCC(COCCC(C(=O)[O-])[N+](C)(C)C)OC(=O)CCC/C=C/C/C=C/C/C=C/CCCCCCCC. The van der Waals surface area contributed by atoms with Crippen molar-refractivity contribution in [2.24, 2.45) is 0 Å². The molecule has 0 aliphatic carbocycles. The second-order valence-corrected chi connectivity index (χ2v) is 15.6. The van der Waals surface area contributed by atoms with Gasteiger partial charge >= 0.3 is 11.9 Å². The highest BCUT2D eigenvalue weighted by Gasteiger charge is 2.25. The number of ether oxygens (including phenoxy) is 3. The van der Waals surface area contributed by atoms with E-state index in [2.05, 4.69) is 86.8 Å². The van der Waals surface area contributed by atoms with E-state index in [-0.39, 0.29) is 49.1 Å². The Morgan fingerprint density at radius 3 is 1.68 bits per heavy atom. The molecule has 8 nitrogen and oxygen atoms in total. The standard InChI is InChI=1S/C48H81NO7/c1-6-8-10-12-14-16-18-20-22-23-25-27-29-31-33-35-37-39-47(51)56-44(42-54-41-40-45(48(52)53)49(3,4)5)43-55-46(50)38-36-34-32-30-28-26-24-21-19-17-15-13-11-9-7-2/h9,11,13,15,17,19-20,22,25,27,31,33,44-45H,6-8,10,12,14,16,18,21,23-24,26,28-30,32,34-43H2,1-5H3/b11-9+,15-13+,19-17+,22-20+,27-25+,33-31+. The molecule has 0 aromatic rings. The normalized spacial score (nSPS) is 13.7. The van der Waals surface area contributed by atoms with Crippen LogP contribution in [-0.2, 0) is 28.6 Å². The van der Waals surface area contributed by atoms with E-state index in [1.54, 1.807) is 21.1 Å². The molecule has 0 rings (SSSR count). The smallest absolute Gasteiger partial charge is 0.306 e. The van der Waals surface area contributed by atoms with Crippen molar-refractivity contribution in [1.82, 2.24) is 0 Å². The quantitative estimate of drug-likeness (QED) is 0.0202. The molecule has 0 spiro atoms. The summed E-state index contributed by atoms with van der Waals surface area (Å²) < 4.78 is 17.1. The molecule has 2 atom stereocenters. The average molecular weight is 784 g/mol. The molecule has 0 fully saturated rings. The summed E-state index contributed by atoms with van der Waals surface area (Å²) in [5, 5.41) is 11.6. The number of carbonyl (C=O) groups excluding carboxylic acids is 3. The van der Waals surface area contributed by atoms with Crippen LogP contribution in [0.15, 0.2) is 72.9 Å². The lowest BCUT2D eigenvalue weighted by molar-refractivity contribution is -0.889. The number of quaternary nitrogens is 1. The number of nitrogens with zero attached hydrogens (tertiary/aromatic N) is 1. The van der Waals surface area contributed by atoms with Crippen LogP contribution in [-0.4, -0.2) is 75.5 Å². The number of carboxylic acid groups (broad SMARTS) is 1. The molecular weight excluding hydrogens is 703 g/mol. The van der Waals surface area contributed by atoms with Gasteiger partial charge in [-0.25, -0.2) is 0 Å². The molecular formula is C48H81NO7. The summed E-state index contributed by atoms with van der Waals surface area (Å²) in [6.45, 7) is 4.44. The third kappa shape index (κ3) is 36.4. The lowest BCUT2D eigenvalue weighted by Crippen LogP contribution is -2.55. The summed E-state index contributed by atoms with van der Waals surface area (Å²) in [6.07, 6.45) is 47.9. The van der Waals surface area contributed by atoms with Crippen molar-refractivity contribution >= 4 is 17.9 Å². The first-order valence-corrected chi connectivity index (χ1v) is 22.0. The Morgan fingerprint density at radius 2 is 1.09 bits per heavy atom. The van der Waals surface area contributed by atoms with Crippen LogP contribution in [0.4, 0.5) is 0 Å². The second kappa shape index (κ2) is 38.6. The van der Waals surface area contributed by atoms with Gasteiger partial charge in [-0.05, 0) is 64.2 Å². The third-order valence-corrected chi connectivity index (χ3v) is 9.39. The first-order chi connectivity index (χ1) is 27.1. The third-order valence-electron chi connectivity index (χ3n) is 9.39. The number of unbranched alkanes of at least 4 members (excludes halogenated alkanes) is 14. The lowest BCUT2D eigenvalue weighted by Gasteiger charge is -2.34. The van der Waals surface area contributed by atoms with Gasteiger partial charge in [0, 0.05) is 19.3 Å². The molecule has 0 heterocycles. The van der Waals surface area contributed by atoms with Crippen LogP contribution in [0.25, 0.3) is 0 Å². The van der Waals surface area contributed by atoms with Gasteiger partial charge in [0.2, 0.25) is 0 Å². The van der Waals surface area contributed by atoms with E-state index in [4.69, 9.17) is 14.2 Å². The van der Waals surface area contributed by atoms with Crippen molar-refractivity contribution in [2.45, 2.75) is 174 Å². The number of carboxylic acids is 1. The van der Waals surface area contributed by atoms with Gasteiger partial charge in [0.25, 0.3) is 0 Å². The van der Waals surface area contributed by atoms with Crippen LogP contribution in [0, 0.1) is 0 Å². The van der Waals surface area contributed by atoms with Gasteiger partial charge in [-0.2, -0.15) is 0 Å². The van der Waals surface area contributed by atoms with Gasteiger partial charge in [0.15, 0.2) is 6.10 Å². The Bertz CT molecular complexity index is 1140. The highest BCUT2D eigenvalue weighted by molar-refractivity contribution is 5.70. The molecule has 0 aromatic carbocycles. The minimum Gasteiger partial charge on any atom is -0.544 e. The van der Waals surface area contributed by atoms with Gasteiger partial charge < -0.3 is 28.6 Å². The number of rotatable bonds is 38. The maximum absolute atomic E-state index is 12.7. The molecule has 0 aliphatic rings. The first kappa shape index (κ1) is 52.8. The van der Waals surface area contributed by atoms with Crippen LogP contribution in [0.3, 0.4) is 0 Å². The van der Waals surface area contributed by atoms with E-state index in [1.165, 1.54) is 64.2 Å². The van der Waals surface area contributed by atoms with Crippen molar-refractivity contribution in [1.29, 1.82) is 0 Å². The minimum atomic E-state index is -1.14. The Morgan fingerprint density at radius 1 is 0.571 bits per heavy atom. The predicted octanol–water partition coefficient (Wildman–Crippen LogP) is 10.6. The molecule has 0 bridgehead atoms. The highest BCUT2D eigenvalue weighted by atomic mass is 16.6. The zero-order valence-corrected chi connectivity index (χ0v) is 36.3. The van der Waals surface area contributed by atoms with E-state index >= 15 is 0 Å². The molecule has 8 heteroatoms. The molecule has 0 N–H and O–H groups in total. The van der Waals surface area contributed by atoms with E-state index in [0.29, 0.717) is 12.8 Å². The van der Waals surface area contributed by atoms with Crippen molar-refractivity contribution in [3.8, 4) is 0 Å². The summed E-state index contributed by atoms with van der Waals surface area (Å²) >= 11 is 0. The van der Waals surface area contributed by atoms with E-state index < -0.39 is 18.1 Å². The Labute approximate surface area is 342 Å². The maximum atomic E-state index is 12.7. The van der Waals surface area contributed by atoms with Gasteiger partial charge in [0.1, 0.15) is 12.6 Å². The molecule has 0 amide bonds. The van der Waals surface area contributed by atoms with E-state index in [1.807, 2.05) is 0 Å². The molecule has 320 valence electrons. The van der Waals surface area contributed by atoms with Crippen molar-refractivity contribution < 1.29 is 38.2 Å². The zero-order valence-electron chi connectivity index (χ0n) is 36.3. The molecule has 2 unspecified atom stereocenters. The molecule has 56 heavy (non-hydrogen) atoms. The topological polar surface area (TPSA) is 102 Å². The number of allylic oxidation sites excluding steroid dienone is 12. The van der Waals surface area contributed by atoms with Gasteiger partial charge in [-0.3, -0.25) is 9.59 Å². The van der Waals surface area contributed by atoms with Crippen LogP contribution in [0.2, 0.25) is 0 Å². The summed E-state index contributed by atoms with van der Waals surface area (Å²) in [7, 11) is 5.38. The summed E-state index contributed by atoms with van der Waals surface area (Å²) in [5.74, 6) is -1.83. The maximum Gasteiger partial charge on any atom is 0.306 e. The number of esters is 2. The Balaban J connectivity index is 4.46. The number of hydrogen-bond donors (Lipinski definition) is 0. The van der Waals surface area contributed by atoms with Crippen LogP contribution in [0.5, 0.6) is 0 Å². The number of likely N-dealkylation sites (N-methyl/N-ethyl adjacent to an activating group) is 1. The highest BCUT2D eigenvalue weighted by Crippen LogP contribution is 2.12. The fourth-order valence-corrected chi connectivity index (χ4v) is 5.97. The largest absolute Gasteiger partial charge is 0.544 e. The monoisotopic (exact) mass is 784 g/mol. The number of carbonyl (C=O) groups is 3. The fourth-order valence-electron chi connectivity index (χ4n) is 5.97. The van der Waals surface area contributed by atoms with Crippen LogP contribution >= 0.6 is 0 Å². The van der Waals surface area contributed by atoms with Gasteiger partial charge in [0.05, 0.1) is 40.3 Å². The zero-order chi connectivity index (χ0) is 41.4. The molecule has 0 radical (unpaired) electrons. The molecule has 0 saturated heterocycles. The predicted molar refractivity (Wildman–Crippen MR) is 231 cm³/mol. The summed E-state index contributed by atoms with van der Waals surface area (Å²) in [4.78, 5) is 36.8. The van der Waals surface area contributed by atoms with Gasteiger partial charge in [-0.15, -0.1) is 0 Å². The Kier molecular flexibility index (Phi) is 36.4. The van der Waals surface area contributed by atoms with Crippen molar-refractivity contribution in [3.05, 3.63) is 72.9 Å². The van der Waals surface area contributed by atoms with E-state index in [0.717, 1.165) is 57.8 Å². The van der Waals surface area contributed by atoms with Crippen molar-refractivity contribution in [2.75, 3.05) is 41.0 Å². The van der Waals surface area contributed by atoms with Crippen molar-refractivity contribution in [3.63, 3.8) is 0 Å². The molecule has 0 aromatic heterocycles. The first-order valence-electron chi connectivity index (χ1n) is 22.0. The second-order valence-electron chi connectivity index (χ2n) is 15.6. The van der Waals surface area contributed by atoms with Crippen LogP contribution < -0.4 is 5.11 Å². The summed E-state index contributed by atoms with van der Waals surface area (Å²) in [6, 6.07) is -0.739. The molecule has 0 aliphatic heterocycles. The minimum absolute atomic E-state index is 0.0131. The number of hydrogen-bond acceptors (Lipinski definition) is 7. The average Bonchev–Trinajstić information content (AvgIpc) is 3.15. The lowest BCUT2D eigenvalue weighted by atomic mass is 10.1. The molecule has 0 saturated carbocycles. The summed E-state index contributed by atoms with van der Waals surface area (Å²) in [5.41, 5.74) is 0. The van der Waals surface area contributed by atoms with E-state index in [9.17, 15) is 19.5 Å². The Hall–Kier alpha value is -3.23.